The van der Waals surface area contributed by atoms with Crippen molar-refractivity contribution >= 4 is 18.3 Å². The van der Waals surface area contributed by atoms with Gasteiger partial charge >= 0.3 is 0 Å². The minimum atomic E-state index is -0.379. The van der Waals surface area contributed by atoms with Gasteiger partial charge in [0.2, 0.25) is 0 Å². The second-order valence-electron chi connectivity index (χ2n) is 5.62. The van der Waals surface area contributed by atoms with E-state index in [2.05, 4.69) is 0 Å². The molecule has 1 saturated carbocycles. The molecule has 1 amide bonds. The molecule has 1 aliphatic heterocycles. The molecule has 0 radical (unpaired) electrons. The standard InChI is InChI=1S/C14H26N2O3.ClH/c1-3-18-6-7-19-10(2)14(17)16-8-11-4-5-13(15)12(11)9-16;/h10-13H,3-9,15H2,1-2H3;1H. The van der Waals surface area contributed by atoms with Crippen molar-refractivity contribution in [3.8, 4) is 0 Å². The normalized spacial score (nSPS) is 29.9. The number of nitrogens with zero attached hydrogens (tertiary/aromatic N) is 1. The first-order valence-electron chi connectivity index (χ1n) is 7.37. The summed E-state index contributed by atoms with van der Waals surface area (Å²) in [6.07, 6.45) is 1.89. The van der Waals surface area contributed by atoms with Gasteiger partial charge in [-0.25, -0.2) is 0 Å². The van der Waals surface area contributed by atoms with Crippen molar-refractivity contribution in [2.45, 2.75) is 38.8 Å². The Morgan fingerprint density at radius 3 is 2.75 bits per heavy atom. The first-order valence-corrected chi connectivity index (χ1v) is 7.37. The number of carbonyl (C=O) groups excluding carboxylic acids is 1. The van der Waals surface area contributed by atoms with Crippen LogP contribution in [0.3, 0.4) is 0 Å². The summed E-state index contributed by atoms with van der Waals surface area (Å²) < 4.78 is 10.7. The Morgan fingerprint density at radius 1 is 1.35 bits per heavy atom. The zero-order valence-corrected chi connectivity index (χ0v) is 13.2. The van der Waals surface area contributed by atoms with Crippen LogP contribution in [0, 0.1) is 11.8 Å². The number of carbonyl (C=O) groups is 1. The fraction of sp³-hybridized carbons (Fsp3) is 0.929. The van der Waals surface area contributed by atoms with Crippen molar-refractivity contribution in [3.05, 3.63) is 0 Å². The number of hydrogen-bond acceptors (Lipinski definition) is 4. The highest BCUT2D eigenvalue weighted by Crippen LogP contribution is 2.37. The Bertz CT molecular complexity index is 317. The van der Waals surface area contributed by atoms with Gasteiger partial charge in [0.15, 0.2) is 0 Å². The Balaban J connectivity index is 0.00000200. The van der Waals surface area contributed by atoms with Crippen molar-refractivity contribution < 1.29 is 14.3 Å². The van der Waals surface area contributed by atoms with Gasteiger partial charge in [0.05, 0.1) is 13.2 Å². The number of rotatable bonds is 6. The van der Waals surface area contributed by atoms with Crippen molar-refractivity contribution in [1.29, 1.82) is 0 Å². The van der Waals surface area contributed by atoms with Gasteiger partial charge in [0.1, 0.15) is 6.10 Å². The lowest BCUT2D eigenvalue weighted by molar-refractivity contribution is -0.142. The second kappa shape index (κ2) is 8.17. The van der Waals surface area contributed by atoms with Crippen LogP contribution in [0.5, 0.6) is 0 Å². The van der Waals surface area contributed by atoms with E-state index in [1.54, 1.807) is 0 Å². The third-order valence-corrected chi connectivity index (χ3v) is 4.37. The molecule has 6 heteroatoms. The number of halogens is 1. The summed E-state index contributed by atoms with van der Waals surface area (Å²) in [5, 5.41) is 0. The molecule has 5 nitrogen and oxygen atoms in total. The summed E-state index contributed by atoms with van der Waals surface area (Å²) >= 11 is 0. The Morgan fingerprint density at radius 2 is 2.10 bits per heavy atom. The highest BCUT2D eigenvalue weighted by atomic mass is 35.5. The molecule has 0 aromatic carbocycles. The molecule has 2 fully saturated rings. The molecule has 20 heavy (non-hydrogen) atoms. The van der Waals surface area contributed by atoms with E-state index in [0.717, 1.165) is 25.9 Å². The predicted octanol–water partition coefficient (Wildman–Crippen LogP) is 1.05. The third kappa shape index (κ3) is 4.07. The number of likely N-dealkylation sites (tertiary alicyclic amines) is 1. The summed E-state index contributed by atoms with van der Waals surface area (Å²) in [6, 6.07) is 0.275. The fourth-order valence-electron chi connectivity index (χ4n) is 3.24. The summed E-state index contributed by atoms with van der Waals surface area (Å²) in [4.78, 5) is 14.2. The van der Waals surface area contributed by atoms with Crippen LogP contribution >= 0.6 is 12.4 Å². The lowest BCUT2D eigenvalue weighted by Crippen LogP contribution is -2.39. The third-order valence-electron chi connectivity index (χ3n) is 4.37. The number of nitrogens with two attached hydrogens (primary N) is 1. The van der Waals surface area contributed by atoms with Gasteiger partial charge in [-0.15, -0.1) is 12.4 Å². The molecule has 0 aromatic heterocycles. The van der Waals surface area contributed by atoms with Crippen molar-refractivity contribution in [2.75, 3.05) is 32.9 Å². The molecule has 4 atom stereocenters. The molecular formula is C14H27ClN2O3. The summed E-state index contributed by atoms with van der Waals surface area (Å²) in [6.45, 7) is 7.13. The molecular weight excluding hydrogens is 280 g/mol. The smallest absolute Gasteiger partial charge is 0.251 e. The van der Waals surface area contributed by atoms with Gasteiger partial charge in [0, 0.05) is 25.7 Å². The Labute approximate surface area is 127 Å². The van der Waals surface area contributed by atoms with Crippen LogP contribution in [0.1, 0.15) is 26.7 Å². The van der Waals surface area contributed by atoms with Crippen LogP contribution in [-0.2, 0) is 14.3 Å². The van der Waals surface area contributed by atoms with E-state index >= 15 is 0 Å². The number of hydrogen-bond donors (Lipinski definition) is 1. The van der Waals surface area contributed by atoms with E-state index in [1.807, 2.05) is 18.7 Å². The largest absolute Gasteiger partial charge is 0.379 e. The minimum absolute atomic E-state index is 0. The highest BCUT2D eigenvalue weighted by Gasteiger charge is 2.43. The van der Waals surface area contributed by atoms with Crippen LogP contribution in [0.15, 0.2) is 0 Å². The summed E-state index contributed by atoms with van der Waals surface area (Å²) in [7, 11) is 0. The van der Waals surface area contributed by atoms with Gasteiger partial charge in [-0.3, -0.25) is 4.79 Å². The SMILES string of the molecule is CCOCCOC(C)C(=O)N1CC2CCC(N)C2C1.Cl. The quantitative estimate of drug-likeness (QED) is 0.745. The molecule has 1 saturated heterocycles. The first-order chi connectivity index (χ1) is 9.13. The lowest BCUT2D eigenvalue weighted by Gasteiger charge is -2.22. The average Bonchev–Trinajstić information content (AvgIpc) is 2.96. The van der Waals surface area contributed by atoms with Crippen LogP contribution in [0.4, 0.5) is 0 Å². The molecule has 1 heterocycles. The van der Waals surface area contributed by atoms with Crippen LogP contribution < -0.4 is 5.73 Å². The molecule has 1 aliphatic carbocycles. The monoisotopic (exact) mass is 306 g/mol. The molecule has 4 unspecified atom stereocenters. The lowest BCUT2D eigenvalue weighted by atomic mass is 9.98. The van der Waals surface area contributed by atoms with E-state index in [1.165, 1.54) is 0 Å². The molecule has 0 spiro atoms. The van der Waals surface area contributed by atoms with E-state index in [4.69, 9.17) is 15.2 Å². The highest BCUT2D eigenvalue weighted by molar-refractivity contribution is 5.85. The van der Waals surface area contributed by atoms with Crippen molar-refractivity contribution in [3.63, 3.8) is 0 Å². The van der Waals surface area contributed by atoms with E-state index in [-0.39, 0.29) is 30.5 Å². The van der Waals surface area contributed by atoms with Crippen molar-refractivity contribution in [2.24, 2.45) is 17.6 Å². The van der Waals surface area contributed by atoms with Crippen LogP contribution in [0.2, 0.25) is 0 Å². The van der Waals surface area contributed by atoms with Gasteiger partial charge < -0.3 is 20.1 Å². The van der Waals surface area contributed by atoms with Gasteiger partial charge in [-0.1, -0.05) is 0 Å². The molecule has 2 N–H and O–H groups in total. The number of amides is 1. The van der Waals surface area contributed by atoms with E-state index in [9.17, 15) is 4.79 Å². The maximum atomic E-state index is 12.3. The van der Waals surface area contributed by atoms with Gasteiger partial charge in [0.25, 0.3) is 5.91 Å². The predicted molar refractivity (Wildman–Crippen MR) is 79.9 cm³/mol. The topological polar surface area (TPSA) is 64.8 Å². The molecule has 0 aromatic rings. The van der Waals surface area contributed by atoms with Gasteiger partial charge in [-0.05, 0) is 38.5 Å². The van der Waals surface area contributed by atoms with E-state index in [0.29, 0.717) is 31.7 Å². The zero-order valence-electron chi connectivity index (χ0n) is 12.4. The van der Waals surface area contributed by atoms with Crippen LogP contribution in [-0.4, -0.2) is 55.9 Å². The Hall–Kier alpha value is -0.360. The minimum Gasteiger partial charge on any atom is -0.379 e. The molecule has 118 valence electrons. The van der Waals surface area contributed by atoms with E-state index < -0.39 is 0 Å². The molecule has 2 aliphatic rings. The number of ether oxygens (including phenoxy) is 2. The zero-order chi connectivity index (χ0) is 13.8. The Kier molecular flexibility index (Phi) is 7.23. The fourth-order valence-corrected chi connectivity index (χ4v) is 3.24. The molecule has 0 bridgehead atoms. The number of fused-ring (bicyclic) bond motifs is 1. The second-order valence-corrected chi connectivity index (χ2v) is 5.62. The maximum absolute atomic E-state index is 12.3. The maximum Gasteiger partial charge on any atom is 0.251 e. The van der Waals surface area contributed by atoms with Crippen molar-refractivity contribution in [1.82, 2.24) is 4.90 Å². The van der Waals surface area contributed by atoms with Gasteiger partial charge in [-0.2, -0.15) is 0 Å². The summed E-state index contributed by atoms with van der Waals surface area (Å²) in [5.41, 5.74) is 6.09. The summed E-state index contributed by atoms with van der Waals surface area (Å²) in [5.74, 6) is 1.20. The first kappa shape index (κ1) is 17.7. The average molecular weight is 307 g/mol. The van der Waals surface area contributed by atoms with Crippen LogP contribution in [0.25, 0.3) is 0 Å². The molecule has 2 rings (SSSR count).